The Kier molecular flexibility index (Phi) is 5.32. The van der Waals surface area contributed by atoms with E-state index in [0.29, 0.717) is 0 Å². The second-order valence-corrected chi connectivity index (χ2v) is 5.46. The predicted molar refractivity (Wildman–Crippen MR) is 70.9 cm³/mol. The first kappa shape index (κ1) is 13.6. The molecule has 0 radical (unpaired) electrons. The van der Waals surface area contributed by atoms with E-state index in [4.69, 9.17) is 5.73 Å². The summed E-state index contributed by atoms with van der Waals surface area (Å²) in [7, 11) is 0. The fourth-order valence-electron chi connectivity index (χ4n) is 1.52. The molecule has 3 heteroatoms. The number of aliphatic hydroxyl groups is 1. The molecular formula is C13H21NOS. The minimum Gasteiger partial charge on any atom is -0.395 e. The van der Waals surface area contributed by atoms with Crippen LogP contribution >= 0.6 is 11.8 Å². The molecule has 2 unspecified atom stereocenters. The summed E-state index contributed by atoms with van der Waals surface area (Å²) in [6.07, 6.45) is 0.892. The van der Waals surface area contributed by atoms with Crippen LogP contribution in [0.3, 0.4) is 0 Å². The van der Waals surface area contributed by atoms with E-state index >= 15 is 0 Å². The molecule has 1 aromatic rings. The molecule has 0 saturated heterocycles. The number of nitrogens with two attached hydrogens (primary N) is 1. The molecule has 0 bridgehead atoms. The maximum atomic E-state index is 9.35. The summed E-state index contributed by atoms with van der Waals surface area (Å²) in [5.41, 5.74) is 8.48. The van der Waals surface area contributed by atoms with E-state index < -0.39 is 0 Å². The first-order valence-corrected chi connectivity index (χ1v) is 6.56. The lowest BCUT2D eigenvalue weighted by Crippen LogP contribution is -2.34. The second kappa shape index (κ2) is 6.28. The van der Waals surface area contributed by atoms with Gasteiger partial charge in [0.15, 0.2) is 0 Å². The molecule has 0 heterocycles. The maximum absolute atomic E-state index is 9.35. The van der Waals surface area contributed by atoms with Crippen molar-refractivity contribution in [1.82, 2.24) is 0 Å². The van der Waals surface area contributed by atoms with Gasteiger partial charge in [-0.3, -0.25) is 0 Å². The molecule has 0 spiro atoms. The second-order valence-electron chi connectivity index (χ2n) is 4.18. The van der Waals surface area contributed by atoms with Crippen LogP contribution < -0.4 is 5.73 Å². The van der Waals surface area contributed by atoms with Gasteiger partial charge in [0.1, 0.15) is 0 Å². The number of aliphatic hydroxyl groups excluding tert-OH is 1. The van der Waals surface area contributed by atoms with Crippen LogP contribution in [-0.4, -0.2) is 23.0 Å². The highest BCUT2D eigenvalue weighted by Crippen LogP contribution is 2.29. The largest absolute Gasteiger partial charge is 0.395 e. The Morgan fingerprint density at radius 1 is 1.38 bits per heavy atom. The average Bonchev–Trinajstić information content (AvgIpc) is 2.29. The van der Waals surface area contributed by atoms with E-state index in [1.165, 1.54) is 16.0 Å². The number of thioether (sulfide) groups is 1. The van der Waals surface area contributed by atoms with Gasteiger partial charge >= 0.3 is 0 Å². The Labute approximate surface area is 102 Å². The van der Waals surface area contributed by atoms with Crippen molar-refractivity contribution in [3.63, 3.8) is 0 Å². The smallest absolute Gasteiger partial charge is 0.0568 e. The quantitative estimate of drug-likeness (QED) is 0.776. The zero-order valence-corrected chi connectivity index (χ0v) is 11.1. The van der Waals surface area contributed by atoms with Crippen molar-refractivity contribution in [2.75, 3.05) is 6.61 Å². The molecule has 1 rings (SSSR count). The van der Waals surface area contributed by atoms with Gasteiger partial charge in [0.25, 0.3) is 0 Å². The molecule has 1 aromatic carbocycles. The van der Waals surface area contributed by atoms with Crippen LogP contribution in [0.5, 0.6) is 0 Å². The number of rotatable bonds is 5. The third-order valence-corrected chi connectivity index (χ3v) is 4.25. The Balaban J connectivity index is 2.81. The van der Waals surface area contributed by atoms with Gasteiger partial charge in [-0.1, -0.05) is 24.6 Å². The lowest BCUT2D eigenvalue weighted by molar-refractivity contribution is 0.281. The highest BCUT2D eigenvalue weighted by atomic mass is 32.2. The fourth-order valence-corrected chi connectivity index (χ4v) is 2.80. The maximum Gasteiger partial charge on any atom is 0.0568 e. The van der Waals surface area contributed by atoms with Crippen molar-refractivity contribution in [3.8, 4) is 0 Å². The summed E-state index contributed by atoms with van der Waals surface area (Å²) in [5.74, 6) is 0. The molecule has 90 valence electrons. The standard InChI is InChI=1S/C13H21NOS/c1-4-11(14)13(8-15)16-12-7-9(2)5-6-10(12)3/h5-7,11,13,15H,4,8,14H2,1-3H3. The predicted octanol–water partition coefficient (Wildman–Crippen LogP) is 2.49. The molecule has 2 nitrogen and oxygen atoms in total. The third-order valence-electron chi connectivity index (χ3n) is 2.75. The summed E-state index contributed by atoms with van der Waals surface area (Å²) in [6.45, 7) is 6.36. The van der Waals surface area contributed by atoms with E-state index in [0.717, 1.165) is 6.42 Å². The van der Waals surface area contributed by atoms with Crippen molar-refractivity contribution < 1.29 is 5.11 Å². The van der Waals surface area contributed by atoms with Gasteiger partial charge in [0, 0.05) is 16.2 Å². The van der Waals surface area contributed by atoms with Crippen molar-refractivity contribution in [2.24, 2.45) is 5.73 Å². The SMILES string of the molecule is CCC(N)C(CO)Sc1cc(C)ccc1C. The van der Waals surface area contributed by atoms with Gasteiger partial charge in [-0.15, -0.1) is 11.8 Å². The zero-order chi connectivity index (χ0) is 12.1. The van der Waals surface area contributed by atoms with E-state index in [9.17, 15) is 5.11 Å². The highest BCUT2D eigenvalue weighted by Gasteiger charge is 2.17. The Morgan fingerprint density at radius 2 is 2.06 bits per heavy atom. The van der Waals surface area contributed by atoms with E-state index in [-0.39, 0.29) is 17.9 Å². The summed E-state index contributed by atoms with van der Waals surface area (Å²) in [4.78, 5) is 1.22. The minimum atomic E-state index is 0.0508. The monoisotopic (exact) mass is 239 g/mol. The van der Waals surface area contributed by atoms with Crippen LogP contribution in [0.1, 0.15) is 24.5 Å². The van der Waals surface area contributed by atoms with Gasteiger partial charge < -0.3 is 10.8 Å². The first-order chi connectivity index (χ1) is 7.58. The van der Waals surface area contributed by atoms with E-state index in [1.54, 1.807) is 11.8 Å². The van der Waals surface area contributed by atoms with Crippen molar-refractivity contribution in [2.45, 2.75) is 43.4 Å². The van der Waals surface area contributed by atoms with Crippen molar-refractivity contribution in [1.29, 1.82) is 0 Å². The lowest BCUT2D eigenvalue weighted by Gasteiger charge is -2.21. The van der Waals surface area contributed by atoms with E-state index in [2.05, 4.69) is 39.0 Å². The van der Waals surface area contributed by atoms with E-state index in [1.807, 2.05) is 0 Å². The molecular weight excluding hydrogens is 218 g/mol. The van der Waals surface area contributed by atoms with Gasteiger partial charge in [-0.05, 0) is 31.9 Å². The number of hydrogen-bond acceptors (Lipinski definition) is 3. The van der Waals surface area contributed by atoms with Gasteiger partial charge in [0.2, 0.25) is 0 Å². The Morgan fingerprint density at radius 3 is 2.62 bits per heavy atom. The van der Waals surface area contributed by atoms with Crippen LogP contribution in [0.4, 0.5) is 0 Å². The summed E-state index contributed by atoms with van der Waals surface area (Å²) < 4.78 is 0. The average molecular weight is 239 g/mol. The van der Waals surface area contributed by atoms with Crippen molar-refractivity contribution in [3.05, 3.63) is 29.3 Å². The van der Waals surface area contributed by atoms with Crippen LogP contribution in [0.25, 0.3) is 0 Å². The molecule has 2 atom stereocenters. The van der Waals surface area contributed by atoms with Gasteiger partial charge in [-0.2, -0.15) is 0 Å². The molecule has 0 amide bonds. The molecule has 3 N–H and O–H groups in total. The third kappa shape index (κ3) is 3.51. The molecule has 0 aliphatic rings. The number of hydrogen-bond donors (Lipinski definition) is 2. The van der Waals surface area contributed by atoms with Crippen LogP contribution in [-0.2, 0) is 0 Å². The van der Waals surface area contributed by atoms with Gasteiger partial charge in [0.05, 0.1) is 6.61 Å². The first-order valence-electron chi connectivity index (χ1n) is 5.68. The highest BCUT2D eigenvalue weighted by molar-refractivity contribution is 8.00. The van der Waals surface area contributed by atoms with Crippen LogP contribution in [0, 0.1) is 13.8 Å². The molecule has 16 heavy (non-hydrogen) atoms. The Hall–Kier alpha value is -0.510. The molecule has 0 aliphatic heterocycles. The normalized spacial score (nSPS) is 14.8. The lowest BCUT2D eigenvalue weighted by atomic mass is 10.2. The number of aryl methyl sites for hydroxylation is 2. The minimum absolute atomic E-state index is 0.0508. The Bertz CT molecular complexity index is 341. The van der Waals surface area contributed by atoms with Crippen molar-refractivity contribution >= 4 is 11.8 Å². The topological polar surface area (TPSA) is 46.2 Å². The van der Waals surface area contributed by atoms with Crippen LogP contribution in [0.15, 0.2) is 23.1 Å². The van der Waals surface area contributed by atoms with Crippen LogP contribution in [0.2, 0.25) is 0 Å². The molecule has 0 fully saturated rings. The summed E-state index contributed by atoms with van der Waals surface area (Å²) in [6, 6.07) is 6.43. The molecule has 0 saturated carbocycles. The fraction of sp³-hybridized carbons (Fsp3) is 0.538. The molecule has 0 aliphatic carbocycles. The zero-order valence-electron chi connectivity index (χ0n) is 10.2. The van der Waals surface area contributed by atoms with Gasteiger partial charge in [-0.25, -0.2) is 0 Å². The molecule has 0 aromatic heterocycles. The summed E-state index contributed by atoms with van der Waals surface area (Å²) >= 11 is 1.69. The summed E-state index contributed by atoms with van der Waals surface area (Å²) in [5, 5.41) is 9.44. The number of benzene rings is 1.